The Kier molecular flexibility index (Phi) is 2.84. The van der Waals surface area contributed by atoms with Crippen molar-refractivity contribution in [2.45, 2.75) is 0 Å². The summed E-state index contributed by atoms with van der Waals surface area (Å²) in [5, 5.41) is 1.95. The van der Waals surface area contributed by atoms with Crippen LogP contribution < -0.4 is 0 Å². The highest BCUT2D eigenvalue weighted by Gasteiger charge is 2.20. The van der Waals surface area contributed by atoms with E-state index in [2.05, 4.69) is 11.9 Å². The molecule has 0 radical (unpaired) electrons. The Morgan fingerprint density at radius 3 is 2.64 bits per heavy atom. The zero-order chi connectivity index (χ0) is 9.97. The second kappa shape index (κ2) is 4.11. The van der Waals surface area contributed by atoms with Gasteiger partial charge >= 0.3 is 0 Å². The van der Waals surface area contributed by atoms with Gasteiger partial charge in [0.1, 0.15) is 0 Å². The molecule has 1 aromatic rings. The van der Waals surface area contributed by atoms with Crippen LogP contribution in [-0.2, 0) is 0 Å². The number of likely N-dealkylation sites (N-methyl/N-ethyl adjacent to an activating group) is 1. The number of nitrogens with zero attached hydrogens (tertiary/aromatic N) is 2. The number of rotatable bonds is 1. The van der Waals surface area contributed by atoms with Gasteiger partial charge in [0.25, 0.3) is 5.91 Å². The van der Waals surface area contributed by atoms with Crippen LogP contribution in [-0.4, -0.2) is 48.9 Å². The summed E-state index contributed by atoms with van der Waals surface area (Å²) < 4.78 is 0. The average Bonchev–Trinajstić information content (AvgIpc) is 2.71. The molecule has 0 saturated carbocycles. The van der Waals surface area contributed by atoms with E-state index >= 15 is 0 Å². The molecule has 0 spiro atoms. The van der Waals surface area contributed by atoms with Crippen LogP contribution in [0.1, 0.15) is 9.67 Å². The van der Waals surface area contributed by atoms with Gasteiger partial charge in [0.15, 0.2) is 0 Å². The molecule has 1 fully saturated rings. The SMILES string of the molecule is CN1CCN(C(=O)c2cccs2)CC1. The van der Waals surface area contributed by atoms with E-state index in [1.54, 1.807) is 0 Å². The molecule has 0 bridgehead atoms. The quantitative estimate of drug-likeness (QED) is 0.694. The first-order valence-corrected chi connectivity index (χ1v) is 5.66. The minimum Gasteiger partial charge on any atom is -0.335 e. The van der Waals surface area contributed by atoms with Gasteiger partial charge in [0.05, 0.1) is 4.88 Å². The van der Waals surface area contributed by atoms with Crippen molar-refractivity contribution in [1.29, 1.82) is 0 Å². The number of hydrogen-bond donors (Lipinski definition) is 0. The van der Waals surface area contributed by atoms with Crippen LogP contribution in [0.5, 0.6) is 0 Å². The lowest BCUT2D eigenvalue weighted by molar-refractivity contribution is 0.0669. The standard InChI is InChI=1S/C10H14N2OS/c1-11-4-6-12(7-5-11)10(13)9-3-2-8-14-9/h2-3,8H,4-7H2,1H3. The molecule has 1 saturated heterocycles. The van der Waals surface area contributed by atoms with Crippen molar-refractivity contribution < 1.29 is 4.79 Å². The van der Waals surface area contributed by atoms with E-state index in [1.165, 1.54) is 11.3 Å². The molecule has 2 rings (SSSR count). The van der Waals surface area contributed by atoms with E-state index in [-0.39, 0.29) is 5.91 Å². The lowest BCUT2D eigenvalue weighted by Gasteiger charge is -2.32. The molecule has 1 aliphatic heterocycles. The van der Waals surface area contributed by atoms with Crippen LogP contribution in [0.2, 0.25) is 0 Å². The molecule has 2 heterocycles. The fourth-order valence-corrected chi connectivity index (χ4v) is 2.26. The number of carbonyl (C=O) groups is 1. The van der Waals surface area contributed by atoms with Gasteiger partial charge in [-0.15, -0.1) is 11.3 Å². The first-order valence-electron chi connectivity index (χ1n) is 4.79. The molecule has 14 heavy (non-hydrogen) atoms. The molecule has 0 aromatic carbocycles. The minimum absolute atomic E-state index is 0.188. The summed E-state index contributed by atoms with van der Waals surface area (Å²) in [6.45, 7) is 3.68. The van der Waals surface area contributed by atoms with Gasteiger partial charge in [0, 0.05) is 26.2 Å². The number of amides is 1. The van der Waals surface area contributed by atoms with E-state index in [4.69, 9.17) is 0 Å². The molecule has 0 unspecified atom stereocenters. The fraction of sp³-hybridized carbons (Fsp3) is 0.500. The molecule has 1 amide bonds. The van der Waals surface area contributed by atoms with E-state index in [0.717, 1.165) is 31.1 Å². The van der Waals surface area contributed by atoms with Crippen molar-refractivity contribution in [3.63, 3.8) is 0 Å². The summed E-state index contributed by atoms with van der Waals surface area (Å²) in [5.74, 6) is 0.188. The Hall–Kier alpha value is -0.870. The van der Waals surface area contributed by atoms with Crippen molar-refractivity contribution in [3.05, 3.63) is 22.4 Å². The number of carbonyl (C=O) groups excluding carboxylic acids is 1. The molecular formula is C10H14N2OS. The van der Waals surface area contributed by atoms with Crippen molar-refractivity contribution >= 4 is 17.2 Å². The Bertz CT molecular complexity index is 302. The zero-order valence-electron chi connectivity index (χ0n) is 8.27. The van der Waals surface area contributed by atoms with Crippen LogP contribution >= 0.6 is 11.3 Å². The van der Waals surface area contributed by atoms with Gasteiger partial charge in [0.2, 0.25) is 0 Å². The van der Waals surface area contributed by atoms with E-state index in [1.807, 2.05) is 22.4 Å². The molecule has 1 aliphatic rings. The fourth-order valence-electron chi connectivity index (χ4n) is 1.57. The Balaban J connectivity index is 1.99. The highest BCUT2D eigenvalue weighted by molar-refractivity contribution is 7.12. The molecular weight excluding hydrogens is 196 g/mol. The first kappa shape index (κ1) is 9.68. The summed E-state index contributed by atoms with van der Waals surface area (Å²) in [6, 6.07) is 3.82. The Morgan fingerprint density at radius 1 is 1.36 bits per heavy atom. The van der Waals surface area contributed by atoms with Gasteiger partial charge in [-0.05, 0) is 18.5 Å². The first-order chi connectivity index (χ1) is 6.77. The summed E-state index contributed by atoms with van der Waals surface area (Å²) >= 11 is 1.52. The minimum atomic E-state index is 0.188. The van der Waals surface area contributed by atoms with Crippen molar-refractivity contribution in [2.75, 3.05) is 33.2 Å². The van der Waals surface area contributed by atoms with Crippen molar-refractivity contribution in [2.24, 2.45) is 0 Å². The van der Waals surface area contributed by atoms with Gasteiger partial charge in [-0.2, -0.15) is 0 Å². The maximum absolute atomic E-state index is 11.9. The third-order valence-electron chi connectivity index (χ3n) is 2.52. The third-order valence-corrected chi connectivity index (χ3v) is 3.38. The maximum Gasteiger partial charge on any atom is 0.264 e. The normalized spacial score (nSPS) is 18.5. The van der Waals surface area contributed by atoms with Crippen molar-refractivity contribution in [3.8, 4) is 0 Å². The molecule has 0 N–H and O–H groups in total. The van der Waals surface area contributed by atoms with Gasteiger partial charge in [-0.3, -0.25) is 4.79 Å². The smallest absolute Gasteiger partial charge is 0.264 e. The number of piperazine rings is 1. The molecule has 76 valence electrons. The lowest BCUT2D eigenvalue weighted by atomic mass is 10.3. The third kappa shape index (κ3) is 1.96. The van der Waals surface area contributed by atoms with E-state index in [9.17, 15) is 4.79 Å². The second-order valence-electron chi connectivity index (χ2n) is 3.57. The summed E-state index contributed by atoms with van der Waals surface area (Å²) in [7, 11) is 2.09. The van der Waals surface area contributed by atoms with Gasteiger partial charge < -0.3 is 9.80 Å². The lowest BCUT2D eigenvalue weighted by Crippen LogP contribution is -2.46. The van der Waals surface area contributed by atoms with E-state index in [0.29, 0.717) is 0 Å². The topological polar surface area (TPSA) is 23.6 Å². The molecule has 4 heteroatoms. The van der Waals surface area contributed by atoms with Crippen LogP contribution in [0.3, 0.4) is 0 Å². The van der Waals surface area contributed by atoms with Crippen molar-refractivity contribution in [1.82, 2.24) is 9.80 Å². The van der Waals surface area contributed by atoms with Crippen LogP contribution in [0.4, 0.5) is 0 Å². The summed E-state index contributed by atoms with van der Waals surface area (Å²) in [5.41, 5.74) is 0. The summed E-state index contributed by atoms with van der Waals surface area (Å²) in [4.78, 5) is 16.9. The molecule has 3 nitrogen and oxygen atoms in total. The maximum atomic E-state index is 11.9. The largest absolute Gasteiger partial charge is 0.335 e. The molecule has 1 aromatic heterocycles. The van der Waals surface area contributed by atoms with Crippen LogP contribution in [0.25, 0.3) is 0 Å². The predicted molar refractivity (Wildman–Crippen MR) is 57.7 cm³/mol. The summed E-state index contributed by atoms with van der Waals surface area (Å²) in [6.07, 6.45) is 0. The van der Waals surface area contributed by atoms with E-state index < -0.39 is 0 Å². The number of hydrogen-bond acceptors (Lipinski definition) is 3. The highest BCUT2D eigenvalue weighted by Crippen LogP contribution is 2.13. The monoisotopic (exact) mass is 210 g/mol. The Labute approximate surface area is 87.9 Å². The van der Waals surface area contributed by atoms with Crippen LogP contribution in [0, 0.1) is 0 Å². The zero-order valence-corrected chi connectivity index (χ0v) is 9.09. The second-order valence-corrected chi connectivity index (χ2v) is 4.52. The Morgan fingerprint density at radius 2 is 2.07 bits per heavy atom. The van der Waals surface area contributed by atoms with Gasteiger partial charge in [-0.1, -0.05) is 6.07 Å². The van der Waals surface area contributed by atoms with Gasteiger partial charge in [-0.25, -0.2) is 0 Å². The average molecular weight is 210 g/mol. The molecule has 0 atom stereocenters. The van der Waals surface area contributed by atoms with Crippen LogP contribution in [0.15, 0.2) is 17.5 Å². The number of thiophene rings is 1. The molecule has 0 aliphatic carbocycles. The predicted octanol–water partition coefficient (Wildman–Crippen LogP) is 1.14. The highest BCUT2D eigenvalue weighted by atomic mass is 32.1.